The van der Waals surface area contributed by atoms with Crippen molar-refractivity contribution in [3.63, 3.8) is 0 Å². The normalized spacial score (nSPS) is 11.3. The van der Waals surface area contributed by atoms with Gasteiger partial charge in [0.25, 0.3) is 0 Å². The Labute approximate surface area is 93.1 Å². The summed E-state index contributed by atoms with van der Waals surface area (Å²) in [7, 11) is 0. The molecule has 1 rings (SSSR count). The zero-order valence-corrected chi connectivity index (χ0v) is 10.0. The smallest absolute Gasteiger partial charge is 0.0236 e. The van der Waals surface area contributed by atoms with Gasteiger partial charge in [-0.15, -0.1) is 0 Å². The topological polar surface area (TPSA) is 29.3 Å². The van der Waals surface area contributed by atoms with E-state index in [1.807, 2.05) is 0 Å². The Bertz CT molecular complexity index is 277. The molecule has 2 N–H and O–H groups in total. The highest BCUT2D eigenvalue weighted by molar-refractivity contribution is 5.21. The van der Waals surface area contributed by atoms with E-state index >= 15 is 0 Å². The van der Waals surface area contributed by atoms with Crippen LogP contribution in [0.25, 0.3) is 0 Å². The maximum absolute atomic E-state index is 5.60. The van der Waals surface area contributed by atoms with Crippen molar-refractivity contribution < 1.29 is 0 Å². The van der Waals surface area contributed by atoms with Crippen LogP contribution in [0.3, 0.4) is 0 Å². The number of rotatable bonds is 5. The lowest BCUT2D eigenvalue weighted by Crippen LogP contribution is -2.34. The Morgan fingerprint density at radius 1 is 1.20 bits per heavy atom. The first-order chi connectivity index (χ1) is 7.13. The van der Waals surface area contributed by atoms with Crippen molar-refractivity contribution in [2.75, 3.05) is 13.1 Å². The molecule has 0 aliphatic rings. The number of benzene rings is 1. The molecule has 0 atom stereocenters. The zero-order chi connectivity index (χ0) is 11.3. The highest BCUT2D eigenvalue weighted by Gasteiger charge is 2.08. The average molecular weight is 206 g/mol. The van der Waals surface area contributed by atoms with Crippen LogP contribution < -0.4 is 5.73 Å². The van der Waals surface area contributed by atoms with Gasteiger partial charge in [0.1, 0.15) is 0 Å². The van der Waals surface area contributed by atoms with Crippen LogP contribution in [0.1, 0.15) is 25.0 Å². The second-order valence-corrected chi connectivity index (χ2v) is 4.34. The van der Waals surface area contributed by atoms with Gasteiger partial charge in [-0.25, -0.2) is 0 Å². The Balaban J connectivity index is 2.61. The fourth-order valence-electron chi connectivity index (χ4n) is 1.61. The summed E-state index contributed by atoms with van der Waals surface area (Å²) in [6.07, 6.45) is 0. The van der Waals surface area contributed by atoms with Gasteiger partial charge >= 0.3 is 0 Å². The summed E-state index contributed by atoms with van der Waals surface area (Å²) in [4.78, 5) is 2.39. The molecule has 0 heterocycles. The first kappa shape index (κ1) is 12.2. The summed E-state index contributed by atoms with van der Waals surface area (Å²) < 4.78 is 0. The number of nitrogens with zero attached hydrogens (tertiary/aromatic N) is 1. The largest absolute Gasteiger partial charge is 0.329 e. The van der Waals surface area contributed by atoms with Crippen LogP contribution in [0.2, 0.25) is 0 Å². The first-order valence-electron chi connectivity index (χ1n) is 5.63. The molecule has 0 radical (unpaired) electrons. The highest BCUT2D eigenvalue weighted by Crippen LogP contribution is 2.08. The lowest BCUT2D eigenvalue weighted by atomic mass is 10.1. The van der Waals surface area contributed by atoms with E-state index in [4.69, 9.17) is 5.73 Å². The third-order valence-electron chi connectivity index (χ3n) is 2.65. The summed E-state index contributed by atoms with van der Waals surface area (Å²) in [5.74, 6) is 0. The van der Waals surface area contributed by atoms with Gasteiger partial charge in [-0.1, -0.05) is 29.8 Å². The number of hydrogen-bond donors (Lipinski definition) is 1. The lowest BCUT2D eigenvalue weighted by molar-refractivity contribution is 0.219. The molecule has 2 heteroatoms. The quantitative estimate of drug-likeness (QED) is 0.800. The third-order valence-corrected chi connectivity index (χ3v) is 2.65. The molecule has 0 aliphatic carbocycles. The zero-order valence-electron chi connectivity index (χ0n) is 10.0. The van der Waals surface area contributed by atoms with E-state index in [1.54, 1.807) is 0 Å². The summed E-state index contributed by atoms with van der Waals surface area (Å²) in [6, 6.07) is 9.27. The summed E-state index contributed by atoms with van der Waals surface area (Å²) >= 11 is 0. The van der Waals surface area contributed by atoms with Crippen LogP contribution >= 0.6 is 0 Å². The molecule has 0 saturated heterocycles. The minimum atomic E-state index is 0.551. The highest BCUT2D eigenvalue weighted by atomic mass is 15.1. The molecule has 0 aromatic heterocycles. The van der Waals surface area contributed by atoms with Gasteiger partial charge in [0.15, 0.2) is 0 Å². The molecular formula is C13H22N2. The molecule has 1 aromatic carbocycles. The van der Waals surface area contributed by atoms with Gasteiger partial charge in [-0.2, -0.15) is 0 Å². The van der Waals surface area contributed by atoms with Gasteiger partial charge in [0, 0.05) is 25.7 Å². The predicted molar refractivity (Wildman–Crippen MR) is 65.8 cm³/mol. The monoisotopic (exact) mass is 206 g/mol. The van der Waals surface area contributed by atoms with Gasteiger partial charge in [-0.3, -0.25) is 4.90 Å². The molecule has 15 heavy (non-hydrogen) atoms. The van der Waals surface area contributed by atoms with Crippen molar-refractivity contribution in [2.24, 2.45) is 5.73 Å². The van der Waals surface area contributed by atoms with Crippen molar-refractivity contribution in [1.29, 1.82) is 0 Å². The number of hydrogen-bond acceptors (Lipinski definition) is 2. The van der Waals surface area contributed by atoms with Crippen LogP contribution in [-0.2, 0) is 6.54 Å². The molecule has 2 nitrogen and oxygen atoms in total. The van der Waals surface area contributed by atoms with E-state index in [2.05, 4.69) is 49.9 Å². The SMILES string of the molecule is Cc1ccc(CN(CCN)C(C)C)cc1. The molecule has 0 spiro atoms. The van der Waals surface area contributed by atoms with Gasteiger partial charge in [0.2, 0.25) is 0 Å². The maximum atomic E-state index is 5.60. The molecule has 0 aliphatic heterocycles. The number of nitrogens with two attached hydrogens (primary N) is 1. The Morgan fingerprint density at radius 3 is 2.27 bits per heavy atom. The molecular weight excluding hydrogens is 184 g/mol. The maximum Gasteiger partial charge on any atom is 0.0236 e. The van der Waals surface area contributed by atoms with Crippen molar-refractivity contribution in [1.82, 2.24) is 4.90 Å². The Morgan fingerprint density at radius 2 is 1.80 bits per heavy atom. The lowest BCUT2D eigenvalue weighted by Gasteiger charge is -2.25. The van der Waals surface area contributed by atoms with Crippen LogP contribution in [-0.4, -0.2) is 24.0 Å². The fourth-order valence-corrected chi connectivity index (χ4v) is 1.61. The molecule has 0 unspecified atom stereocenters. The van der Waals surface area contributed by atoms with Gasteiger partial charge < -0.3 is 5.73 Å². The minimum absolute atomic E-state index is 0.551. The van der Waals surface area contributed by atoms with Crippen molar-refractivity contribution in [2.45, 2.75) is 33.4 Å². The second kappa shape index (κ2) is 5.89. The third kappa shape index (κ3) is 4.02. The molecule has 84 valence electrons. The van der Waals surface area contributed by atoms with E-state index in [-0.39, 0.29) is 0 Å². The van der Waals surface area contributed by atoms with Crippen molar-refractivity contribution in [3.05, 3.63) is 35.4 Å². The molecule has 0 amide bonds. The van der Waals surface area contributed by atoms with Crippen LogP contribution in [0, 0.1) is 6.92 Å². The van der Waals surface area contributed by atoms with Crippen molar-refractivity contribution in [3.8, 4) is 0 Å². The summed E-state index contributed by atoms with van der Waals surface area (Å²) in [5.41, 5.74) is 8.28. The van der Waals surface area contributed by atoms with E-state index in [0.29, 0.717) is 6.04 Å². The predicted octanol–water partition coefficient (Wildman–Crippen LogP) is 2.16. The summed E-state index contributed by atoms with van der Waals surface area (Å²) in [5, 5.41) is 0. The molecule has 0 fully saturated rings. The van der Waals surface area contributed by atoms with Gasteiger partial charge in [-0.05, 0) is 26.3 Å². The molecule has 1 aromatic rings. The first-order valence-corrected chi connectivity index (χ1v) is 5.63. The minimum Gasteiger partial charge on any atom is -0.329 e. The van der Waals surface area contributed by atoms with Crippen LogP contribution in [0.5, 0.6) is 0 Å². The number of aryl methyl sites for hydroxylation is 1. The van der Waals surface area contributed by atoms with Crippen LogP contribution in [0.15, 0.2) is 24.3 Å². The van der Waals surface area contributed by atoms with Gasteiger partial charge in [0.05, 0.1) is 0 Å². The average Bonchev–Trinajstić information content (AvgIpc) is 2.20. The standard InChI is InChI=1S/C13H22N2/c1-11(2)15(9-8-14)10-13-6-4-12(3)5-7-13/h4-7,11H,8-10,14H2,1-3H3. The fraction of sp³-hybridized carbons (Fsp3) is 0.538. The van der Waals surface area contributed by atoms with E-state index in [1.165, 1.54) is 11.1 Å². The van der Waals surface area contributed by atoms with E-state index < -0.39 is 0 Å². The van der Waals surface area contributed by atoms with Crippen LogP contribution in [0.4, 0.5) is 0 Å². The second-order valence-electron chi connectivity index (χ2n) is 4.34. The Kier molecular flexibility index (Phi) is 4.79. The molecule has 0 bridgehead atoms. The van der Waals surface area contributed by atoms with E-state index in [9.17, 15) is 0 Å². The Hall–Kier alpha value is -0.860. The summed E-state index contributed by atoms with van der Waals surface area (Å²) in [6.45, 7) is 9.22. The molecule has 0 saturated carbocycles. The van der Waals surface area contributed by atoms with E-state index in [0.717, 1.165) is 19.6 Å². The van der Waals surface area contributed by atoms with Crippen molar-refractivity contribution >= 4 is 0 Å².